The van der Waals surface area contributed by atoms with Crippen LogP contribution in [0.4, 0.5) is 18.3 Å². The Balaban J connectivity index is 2.49. The van der Waals surface area contributed by atoms with E-state index in [4.69, 9.17) is 17.3 Å². The van der Waals surface area contributed by atoms with Crippen molar-refractivity contribution in [2.24, 2.45) is 0 Å². The van der Waals surface area contributed by atoms with E-state index in [2.05, 4.69) is 9.72 Å². The number of nitrogen functional groups attached to an aromatic ring is 1. The third kappa shape index (κ3) is 2.30. The third-order valence-electron chi connectivity index (χ3n) is 1.68. The van der Waals surface area contributed by atoms with Crippen LogP contribution in [0, 0.1) is 0 Å². The van der Waals surface area contributed by atoms with Gasteiger partial charge in [-0.15, -0.1) is 13.2 Å². The highest BCUT2D eigenvalue weighted by Gasteiger charge is 2.32. The van der Waals surface area contributed by atoms with E-state index in [0.29, 0.717) is 10.2 Å². The summed E-state index contributed by atoms with van der Waals surface area (Å²) >= 11 is 6.77. The van der Waals surface area contributed by atoms with Crippen LogP contribution >= 0.6 is 22.9 Å². The van der Waals surface area contributed by atoms with Crippen LogP contribution in [0.2, 0.25) is 5.02 Å². The van der Waals surface area contributed by atoms with Gasteiger partial charge in [-0.05, 0) is 6.07 Å². The molecule has 2 N–H and O–H groups in total. The van der Waals surface area contributed by atoms with E-state index >= 15 is 0 Å². The van der Waals surface area contributed by atoms with Crippen molar-refractivity contribution in [1.82, 2.24) is 4.98 Å². The number of ether oxygens (including phenoxy) is 1. The van der Waals surface area contributed by atoms with Gasteiger partial charge in [-0.25, -0.2) is 4.98 Å². The molecule has 0 saturated heterocycles. The number of alkyl halides is 3. The number of hydrogen-bond donors (Lipinski definition) is 1. The van der Waals surface area contributed by atoms with Gasteiger partial charge in [0.15, 0.2) is 5.13 Å². The first-order chi connectivity index (χ1) is 7.35. The van der Waals surface area contributed by atoms with Gasteiger partial charge in [0.1, 0.15) is 5.75 Å². The summed E-state index contributed by atoms with van der Waals surface area (Å²) in [5.74, 6) is -0.480. The highest BCUT2D eigenvalue weighted by atomic mass is 35.5. The molecule has 0 bridgehead atoms. The van der Waals surface area contributed by atoms with E-state index in [9.17, 15) is 13.2 Å². The average molecular weight is 269 g/mol. The van der Waals surface area contributed by atoms with Crippen LogP contribution in [0.5, 0.6) is 5.75 Å². The maximum atomic E-state index is 12.0. The van der Waals surface area contributed by atoms with Crippen molar-refractivity contribution in [3.05, 3.63) is 17.2 Å². The maximum absolute atomic E-state index is 12.0. The third-order valence-corrected chi connectivity index (χ3v) is 2.83. The monoisotopic (exact) mass is 268 g/mol. The summed E-state index contributed by atoms with van der Waals surface area (Å²) in [6.07, 6.45) is -4.78. The van der Waals surface area contributed by atoms with Crippen molar-refractivity contribution in [3.8, 4) is 5.75 Å². The van der Waals surface area contributed by atoms with Crippen LogP contribution in [0.15, 0.2) is 12.1 Å². The molecule has 1 heterocycles. The largest absolute Gasteiger partial charge is 0.573 e. The molecule has 0 unspecified atom stereocenters. The first kappa shape index (κ1) is 11.3. The fourth-order valence-electron chi connectivity index (χ4n) is 1.15. The lowest BCUT2D eigenvalue weighted by molar-refractivity contribution is -0.274. The number of aromatic nitrogens is 1. The maximum Gasteiger partial charge on any atom is 0.573 e. The van der Waals surface area contributed by atoms with Crippen LogP contribution < -0.4 is 10.5 Å². The fourth-order valence-corrected chi connectivity index (χ4v) is 2.17. The van der Waals surface area contributed by atoms with Crippen molar-refractivity contribution in [2.45, 2.75) is 6.36 Å². The van der Waals surface area contributed by atoms with Gasteiger partial charge in [-0.3, -0.25) is 0 Å². The minimum absolute atomic E-state index is 0.131. The molecule has 2 rings (SSSR count). The molecule has 1 aromatic heterocycles. The van der Waals surface area contributed by atoms with Crippen LogP contribution in [-0.2, 0) is 0 Å². The minimum atomic E-state index is -4.78. The second-order valence-corrected chi connectivity index (χ2v) is 4.32. The van der Waals surface area contributed by atoms with Gasteiger partial charge in [0.2, 0.25) is 0 Å². The number of halogens is 4. The normalized spacial score (nSPS) is 12.0. The molecule has 0 saturated carbocycles. The standard InChI is InChI=1S/C8H4ClF3N2OS/c9-3-1-6-4(14-7(13)16-6)2-5(3)15-8(10,11)12/h1-2H,(H2,13,14). The van der Waals surface area contributed by atoms with Crippen LogP contribution in [-0.4, -0.2) is 11.3 Å². The Morgan fingerprint density at radius 1 is 1.38 bits per heavy atom. The molecule has 0 aliphatic rings. The summed E-state index contributed by atoms with van der Waals surface area (Å²) in [7, 11) is 0. The predicted octanol–water partition coefficient (Wildman–Crippen LogP) is 3.43. The number of benzene rings is 1. The zero-order valence-corrected chi connectivity index (χ0v) is 9.08. The Morgan fingerprint density at radius 2 is 2.06 bits per heavy atom. The van der Waals surface area contributed by atoms with Gasteiger partial charge >= 0.3 is 6.36 Å². The summed E-state index contributed by atoms with van der Waals surface area (Å²) < 4.78 is 40.4. The summed E-state index contributed by atoms with van der Waals surface area (Å²) in [6, 6.07) is 2.45. The lowest BCUT2D eigenvalue weighted by Gasteiger charge is -2.09. The average Bonchev–Trinajstić information content (AvgIpc) is 2.42. The smallest absolute Gasteiger partial charge is 0.404 e. The number of anilines is 1. The predicted molar refractivity (Wildman–Crippen MR) is 55.7 cm³/mol. The van der Waals surface area contributed by atoms with Gasteiger partial charge in [0.05, 0.1) is 15.2 Å². The van der Waals surface area contributed by atoms with Gasteiger partial charge in [-0.1, -0.05) is 22.9 Å². The molecule has 0 spiro atoms. The SMILES string of the molecule is Nc1nc2cc(OC(F)(F)F)c(Cl)cc2s1. The summed E-state index contributed by atoms with van der Waals surface area (Å²) in [5, 5.41) is 0.128. The fraction of sp³-hybridized carbons (Fsp3) is 0.125. The van der Waals surface area contributed by atoms with Crippen LogP contribution in [0.3, 0.4) is 0 Å². The topological polar surface area (TPSA) is 48.1 Å². The van der Waals surface area contributed by atoms with E-state index in [-0.39, 0.29) is 10.2 Å². The molecule has 0 atom stereocenters. The summed E-state index contributed by atoms with van der Waals surface area (Å²) in [5.41, 5.74) is 5.74. The zero-order valence-electron chi connectivity index (χ0n) is 7.51. The molecule has 0 fully saturated rings. The van der Waals surface area contributed by atoms with Crippen molar-refractivity contribution >= 4 is 38.3 Å². The molecule has 86 valence electrons. The molecule has 16 heavy (non-hydrogen) atoms. The van der Waals surface area contributed by atoms with Crippen LogP contribution in [0.1, 0.15) is 0 Å². The molecule has 0 radical (unpaired) electrons. The number of fused-ring (bicyclic) bond motifs is 1. The summed E-state index contributed by atoms with van der Waals surface area (Å²) in [4.78, 5) is 3.84. The Hall–Kier alpha value is -1.21. The van der Waals surface area contributed by atoms with E-state index < -0.39 is 12.1 Å². The van der Waals surface area contributed by atoms with Crippen molar-refractivity contribution < 1.29 is 17.9 Å². The first-order valence-corrected chi connectivity index (χ1v) is 5.16. The van der Waals surface area contributed by atoms with E-state index in [1.54, 1.807) is 0 Å². The second-order valence-electron chi connectivity index (χ2n) is 2.85. The Bertz CT molecular complexity index is 540. The van der Waals surface area contributed by atoms with Crippen molar-refractivity contribution in [1.29, 1.82) is 0 Å². The molecule has 8 heteroatoms. The molecule has 0 aliphatic heterocycles. The van der Waals surface area contributed by atoms with E-state index in [0.717, 1.165) is 17.4 Å². The lowest BCUT2D eigenvalue weighted by Crippen LogP contribution is -2.17. The molecular formula is C8H4ClF3N2OS. The van der Waals surface area contributed by atoms with Crippen LogP contribution in [0.25, 0.3) is 10.2 Å². The van der Waals surface area contributed by atoms with Gasteiger partial charge in [0, 0.05) is 6.07 Å². The zero-order chi connectivity index (χ0) is 11.9. The van der Waals surface area contributed by atoms with E-state index in [1.807, 2.05) is 0 Å². The number of rotatable bonds is 1. The molecule has 0 amide bonds. The van der Waals surface area contributed by atoms with Crippen molar-refractivity contribution in [2.75, 3.05) is 5.73 Å². The molecule has 2 aromatic rings. The molecule has 3 nitrogen and oxygen atoms in total. The van der Waals surface area contributed by atoms with Crippen molar-refractivity contribution in [3.63, 3.8) is 0 Å². The Labute approximate surface area is 96.6 Å². The van der Waals surface area contributed by atoms with Gasteiger partial charge in [-0.2, -0.15) is 0 Å². The number of hydrogen-bond acceptors (Lipinski definition) is 4. The highest BCUT2D eigenvalue weighted by molar-refractivity contribution is 7.22. The number of nitrogens with two attached hydrogens (primary N) is 1. The summed E-state index contributed by atoms with van der Waals surface area (Å²) in [6.45, 7) is 0. The van der Waals surface area contributed by atoms with E-state index in [1.165, 1.54) is 6.07 Å². The highest BCUT2D eigenvalue weighted by Crippen LogP contribution is 2.36. The van der Waals surface area contributed by atoms with Gasteiger partial charge < -0.3 is 10.5 Å². The number of nitrogens with zero attached hydrogens (tertiary/aromatic N) is 1. The Morgan fingerprint density at radius 3 is 2.69 bits per heavy atom. The quantitative estimate of drug-likeness (QED) is 0.862. The lowest BCUT2D eigenvalue weighted by atomic mass is 10.3. The molecule has 0 aliphatic carbocycles. The molecule has 1 aromatic carbocycles. The first-order valence-electron chi connectivity index (χ1n) is 3.96. The minimum Gasteiger partial charge on any atom is -0.404 e. The number of thiazole rings is 1. The van der Waals surface area contributed by atoms with Gasteiger partial charge in [0.25, 0.3) is 0 Å². The second kappa shape index (κ2) is 3.67. The molecular weight excluding hydrogens is 265 g/mol. The Kier molecular flexibility index (Phi) is 2.59.